The maximum absolute atomic E-state index is 11.2. The molecule has 6 heteroatoms. The van der Waals surface area contributed by atoms with Gasteiger partial charge in [-0.05, 0) is 25.9 Å². The Bertz CT molecular complexity index is 246. The summed E-state index contributed by atoms with van der Waals surface area (Å²) in [5.74, 6) is -0.945. The number of hydrogen-bond acceptors (Lipinski definition) is 4. The molecule has 1 atom stereocenters. The molecule has 0 saturated heterocycles. The molecule has 0 aromatic carbocycles. The van der Waals surface area contributed by atoms with Crippen LogP contribution in [-0.4, -0.2) is 50.3 Å². The summed E-state index contributed by atoms with van der Waals surface area (Å²) in [6, 6.07) is 0. The van der Waals surface area contributed by atoms with E-state index in [1.54, 1.807) is 0 Å². The average molecular weight is 260 g/mol. The molecule has 106 valence electrons. The molecule has 0 aliphatic carbocycles. The Hall–Kier alpha value is -1.14. The number of rotatable bonds is 11. The van der Waals surface area contributed by atoms with Crippen LogP contribution in [0.1, 0.15) is 26.2 Å². The van der Waals surface area contributed by atoms with Crippen molar-refractivity contribution >= 4 is 11.9 Å². The van der Waals surface area contributed by atoms with Crippen LogP contribution in [0.3, 0.4) is 0 Å². The van der Waals surface area contributed by atoms with Crippen molar-refractivity contribution in [3.63, 3.8) is 0 Å². The molecule has 1 unspecified atom stereocenters. The van der Waals surface area contributed by atoms with Crippen LogP contribution in [0.4, 0.5) is 0 Å². The average Bonchev–Trinajstić information content (AvgIpc) is 2.33. The van der Waals surface area contributed by atoms with Gasteiger partial charge in [0.1, 0.15) is 0 Å². The van der Waals surface area contributed by atoms with Gasteiger partial charge in [-0.2, -0.15) is 0 Å². The quantitative estimate of drug-likeness (QED) is 0.463. The number of carbonyl (C=O) groups excluding carboxylic acids is 1. The molecule has 3 N–H and O–H groups in total. The van der Waals surface area contributed by atoms with Crippen LogP contribution >= 0.6 is 0 Å². The molecule has 0 aromatic rings. The van der Waals surface area contributed by atoms with Crippen LogP contribution in [-0.2, 0) is 14.3 Å². The van der Waals surface area contributed by atoms with E-state index >= 15 is 0 Å². The molecule has 0 aromatic heterocycles. The lowest BCUT2D eigenvalue weighted by molar-refractivity contribution is -0.138. The van der Waals surface area contributed by atoms with Gasteiger partial charge < -0.3 is 20.5 Å². The third-order valence-electron chi connectivity index (χ3n) is 2.33. The molecule has 0 aliphatic heterocycles. The number of carboxylic acid groups (broad SMARTS) is 1. The highest BCUT2D eigenvalue weighted by Crippen LogP contribution is 1.96. The lowest BCUT2D eigenvalue weighted by atomic mass is 10.2. The zero-order valence-corrected chi connectivity index (χ0v) is 11.2. The molecule has 6 nitrogen and oxygen atoms in total. The summed E-state index contributed by atoms with van der Waals surface area (Å²) >= 11 is 0. The van der Waals surface area contributed by atoms with E-state index < -0.39 is 5.97 Å². The molecule has 0 saturated carbocycles. The fourth-order valence-electron chi connectivity index (χ4n) is 1.29. The molecule has 0 spiro atoms. The van der Waals surface area contributed by atoms with Gasteiger partial charge >= 0.3 is 5.97 Å². The van der Waals surface area contributed by atoms with Crippen molar-refractivity contribution in [3.05, 3.63) is 0 Å². The van der Waals surface area contributed by atoms with E-state index in [0.717, 1.165) is 13.0 Å². The van der Waals surface area contributed by atoms with E-state index in [1.165, 1.54) is 0 Å². The molecule has 0 fully saturated rings. The Morgan fingerprint density at radius 2 is 2.06 bits per heavy atom. The molecule has 0 heterocycles. The van der Waals surface area contributed by atoms with Gasteiger partial charge in [-0.3, -0.25) is 9.59 Å². The second-order valence-electron chi connectivity index (χ2n) is 4.34. The third kappa shape index (κ3) is 11.3. The SMILES string of the molecule is CNCCCOCC(C)CNC(=O)CCC(=O)O. The van der Waals surface area contributed by atoms with E-state index in [4.69, 9.17) is 9.84 Å². The molecular weight excluding hydrogens is 236 g/mol. The number of carbonyl (C=O) groups is 2. The summed E-state index contributed by atoms with van der Waals surface area (Å²) in [6.45, 7) is 4.74. The van der Waals surface area contributed by atoms with Crippen molar-refractivity contribution in [2.24, 2.45) is 5.92 Å². The fraction of sp³-hybridized carbons (Fsp3) is 0.833. The van der Waals surface area contributed by atoms with E-state index in [2.05, 4.69) is 10.6 Å². The first-order valence-electron chi connectivity index (χ1n) is 6.27. The van der Waals surface area contributed by atoms with Crippen LogP contribution in [0, 0.1) is 5.92 Å². The molecule has 0 radical (unpaired) electrons. The monoisotopic (exact) mass is 260 g/mol. The second kappa shape index (κ2) is 11.0. The van der Waals surface area contributed by atoms with Gasteiger partial charge in [-0.15, -0.1) is 0 Å². The molecule has 0 bridgehead atoms. The predicted octanol–water partition coefficient (Wildman–Crippen LogP) is 0.230. The van der Waals surface area contributed by atoms with Crippen LogP contribution in [0.5, 0.6) is 0 Å². The Morgan fingerprint density at radius 1 is 1.33 bits per heavy atom. The van der Waals surface area contributed by atoms with Crippen molar-refractivity contribution in [3.8, 4) is 0 Å². The summed E-state index contributed by atoms with van der Waals surface area (Å²) in [5, 5.41) is 14.2. The van der Waals surface area contributed by atoms with Crippen molar-refractivity contribution in [1.82, 2.24) is 10.6 Å². The van der Waals surface area contributed by atoms with E-state index in [9.17, 15) is 9.59 Å². The van der Waals surface area contributed by atoms with Gasteiger partial charge in [0, 0.05) is 19.6 Å². The highest BCUT2D eigenvalue weighted by Gasteiger charge is 2.07. The van der Waals surface area contributed by atoms with Crippen molar-refractivity contribution in [2.45, 2.75) is 26.2 Å². The van der Waals surface area contributed by atoms with Crippen molar-refractivity contribution in [1.29, 1.82) is 0 Å². The van der Waals surface area contributed by atoms with Gasteiger partial charge in [0.05, 0.1) is 13.0 Å². The zero-order chi connectivity index (χ0) is 13.8. The topological polar surface area (TPSA) is 87.7 Å². The smallest absolute Gasteiger partial charge is 0.303 e. The first-order chi connectivity index (χ1) is 8.56. The first kappa shape index (κ1) is 16.9. The maximum Gasteiger partial charge on any atom is 0.303 e. The Balaban J connectivity index is 3.43. The van der Waals surface area contributed by atoms with E-state index in [1.807, 2.05) is 14.0 Å². The van der Waals surface area contributed by atoms with Crippen LogP contribution in [0.2, 0.25) is 0 Å². The van der Waals surface area contributed by atoms with Crippen LogP contribution in [0.15, 0.2) is 0 Å². The number of ether oxygens (including phenoxy) is 1. The summed E-state index contributed by atoms with van der Waals surface area (Å²) < 4.78 is 5.44. The summed E-state index contributed by atoms with van der Waals surface area (Å²) in [4.78, 5) is 21.5. The molecule has 1 amide bonds. The van der Waals surface area contributed by atoms with E-state index in [-0.39, 0.29) is 24.7 Å². The highest BCUT2D eigenvalue weighted by molar-refractivity contribution is 5.80. The summed E-state index contributed by atoms with van der Waals surface area (Å²) in [5.41, 5.74) is 0. The first-order valence-corrected chi connectivity index (χ1v) is 6.27. The maximum atomic E-state index is 11.2. The zero-order valence-electron chi connectivity index (χ0n) is 11.2. The Kier molecular flexibility index (Phi) is 10.3. The molecule has 0 aliphatic rings. The number of carboxylic acids is 1. The minimum Gasteiger partial charge on any atom is -0.481 e. The Labute approximate surface area is 108 Å². The number of nitrogens with one attached hydrogen (secondary N) is 2. The standard InChI is InChI=1S/C12H24N2O4/c1-10(9-18-7-3-6-13-2)8-14-11(15)4-5-12(16)17/h10,13H,3-9H2,1-2H3,(H,14,15)(H,16,17). The second-order valence-corrected chi connectivity index (χ2v) is 4.34. The van der Waals surface area contributed by atoms with Gasteiger partial charge in [0.2, 0.25) is 5.91 Å². The predicted molar refractivity (Wildman–Crippen MR) is 68.4 cm³/mol. The van der Waals surface area contributed by atoms with E-state index in [0.29, 0.717) is 19.8 Å². The lowest BCUT2D eigenvalue weighted by Gasteiger charge is -2.13. The van der Waals surface area contributed by atoms with Gasteiger partial charge in [0.15, 0.2) is 0 Å². The summed E-state index contributed by atoms with van der Waals surface area (Å²) in [6.07, 6.45) is 0.875. The highest BCUT2D eigenvalue weighted by atomic mass is 16.5. The molecule has 0 rings (SSSR count). The number of hydrogen-bond donors (Lipinski definition) is 3. The van der Waals surface area contributed by atoms with Gasteiger partial charge in [-0.25, -0.2) is 0 Å². The largest absolute Gasteiger partial charge is 0.481 e. The van der Waals surface area contributed by atoms with Gasteiger partial charge in [0.25, 0.3) is 0 Å². The normalized spacial score (nSPS) is 12.1. The van der Waals surface area contributed by atoms with Crippen molar-refractivity contribution < 1.29 is 19.4 Å². The lowest BCUT2D eigenvalue weighted by Crippen LogP contribution is -2.30. The van der Waals surface area contributed by atoms with Crippen molar-refractivity contribution in [2.75, 3.05) is 33.4 Å². The fourth-order valence-corrected chi connectivity index (χ4v) is 1.29. The minimum absolute atomic E-state index is 0.0328. The molecular formula is C12H24N2O4. The van der Waals surface area contributed by atoms with Crippen LogP contribution < -0.4 is 10.6 Å². The van der Waals surface area contributed by atoms with Crippen LogP contribution in [0.25, 0.3) is 0 Å². The number of amides is 1. The third-order valence-corrected chi connectivity index (χ3v) is 2.33. The molecule has 18 heavy (non-hydrogen) atoms. The van der Waals surface area contributed by atoms with Gasteiger partial charge in [-0.1, -0.05) is 6.92 Å². The minimum atomic E-state index is -0.953. The summed E-state index contributed by atoms with van der Waals surface area (Å²) in [7, 11) is 1.90. The number of aliphatic carboxylic acids is 1. The Morgan fingerprint density at radius 3 is 2.67 bits per heavy atom.